The molecule has 7 nitrogen and oxygen atoms in total. The molecule has 0 aliphatic carbocycles. The van der Waals surface area contributed by atoms with Gasteiger partial charge in [-0.1, -0.05) is 0 Å². The lowest BCUT2D eigenvalue weighted by molar-refractivity contribution is -0.128. The Morgan fingerprint density at radius 2 is 1.96 bits per heavy atom. The number of carbonyl (C=O) groups excluding carboxylic acids is 2. The molecule has 146 valence electrons. The van der Waals surface area contributed by atoms with E-state index in [-0.39, 0.29) is 17.9 Å². The summed E-state index contributed by atoms with van der Waals surface area (Å²) >= 11 is 0. The number of aryl methyl sites for hydroxylation is 1. The first-order chi connectivity index (χ1) is 12.7. The Morgan fingerprint density at radius 1 is 1.26 bits per heavy atom. The Kier molecular flexibility index (Phi) is 6.60. The van der Waals surface area contributed by atoms with Gasteiger partial charge in [0, 0.05) is 49.8 Å². The molecule has 0 fully saturated rings. The van der Waals surface area contributed by atoms with Crippen LogP contribution in [0.25, 0.3) is 0 Å². The van der Waals surface area contributed by atoms with Gasteiger partial charge in [-0.25, -0.2) is 4.99 Å². The Labute approximate surface area is 160 Å². The molecule has 27 heavy (non-hydrogen) atoms. The maximum atomic E-state index is 12.3. The Hall–Kier alpha value is -2.83. The van der Waals surface area contributed by atoms with Gasteiger partial charge in [0.2, 0.25) is 5.91 Å². The van der Waals surface area contributed by atoms with E-state index in [2.05, 4.69) is 15.6 Å². The zero-order chi connectivity index (χ0) is 20.1. The highest BCUT2D eigenvalue weighted by Crippen LogP contribution is 2.21. The summed E-state index contributed by atoms with van der Waals surface area (Å²) in [6, 6.07) is 5.48. The summed E-state index contributed by atoms with van der Waals surface area (Å²) in [4.78, 5) is 30.3. The van der Waals surface area contributed by atoms with Crippen LogP contribution in [0, 0.1) is 6.92 Å². The van der Waals surface area contributed by atoms with Crippen molar-refractivity contribution < 1.29 is 9.59 Å². The fourth-order valence-electron chi connectivity index (χ4n) is 3.05. The molecule has 1 aromatic rings. The van der Waals surface area contributed by atoms with Crippen LogP contribution in [0.4, 0.5) is 5.69 Å². The number of hydrogen-bond acceptors (Lipinski definition) is 4. The van der Waals surface area contributed by atoms with Crippen LogP contribution in [0.15, 0.2) is 34.5 Å². The van der Waals surface area contributed by atoms with Gasteiger partial charge in [-0.15, -0.1) is 0 Å². The maximum Gasteiger partial charge on any atom is 0.251 e. The molecule has 2 rings (SSSR count). The van der Waals surface area contributed by atoms with Crippen molar-refractivity contribution >= 4 is 23.3 Å². The number of amides is 2. The number of aliphatic imine (C=N–C) groups is 1. The maximum absolute atomic E-state index is 12.3. The van der Waals surface area contributed by atoms with E-state index in [4.69, 9.17) is 5.73 Å². The molecule has 7 heteroatoms. The van der Waals surface area contributed by atoms with E-state index in [0.29, 0.717) is 36.6 Å². The molecule has 1 heterocycles. The highest BCUT2D eigenvalue weighted by atomic mass is 16.2. The predicted molar refractivity (Wildman–Crippen MR) is 108 cm³/mol. The normalized spacial score (nSPS) is 15.2. The molecule has 0 bridgehead atoms. The largest absolute Gasteiger partial charge is 0.391 e. The minimum Gasteiger partial charge on any atom is -0.391 e. The zero-order valence-electron chi connectivity index (χ0n) is 16.7. The van der Waals surface area contributed by atoms with Gasteiger partial charge in [0.05, 0.1) is 12.2 Å². The van der Waals surface area contributed by atoms with Crippen molar-refractivity contribution in [3.8, 4) is 0 Å². The van der Waals surface area contributed by atoms with Crippen LogP contribution >= 0.6 is 0 Å². The van der Waals surface area contributed by atoms with Gasteiger partial charge in [0.1, 0.15) is 5.84 Å². The molecular formula is C20H29N5O2. The van der Waals surface area contributed by atoms with E-state index < -0.39 is 0 Å². The average molecular weight is 371 g/mol. The number of rotatable bonds is 5. The van der Waals surface area contributed by atoms with Crippen molar-refractivity contribution in [1.82, 2.24) is 15.5 Å². The fourth-order valence-corrected chi connectivity index (χ4v) is 3.05. The van der Waals surface area contributed by atoms with Gasteiger partial charge >= 0.3 is 0 Å². The van der Waals surface area contributed by atoms with Gasteiger partial charge in [0.15, 0.2) is 0 Å². The standard InChI is InChI=1S/C20H29N5O2/c1-12(2)23-20(27)15-8-13(3)9-16(10-15)24-19(21)17-11-25(14(4)26)7-6-18(17)22-5/h8-10,12,22H,6-7,11H2,1-5H3,(H2,21,24)(H,23,27). The number of carbonyl (C=O) groups is 2. The fraction of sp³-hybridized carbons (Fsp3) is 0.450. The van der Waals surface area contributed by atoms with E-state index in [1.54, 1.807) is 17.9 Å². The van der Waals surface area contributed by atoms with Crippen LogP contribution in [0.5, 0.6) is 0 Å². The van der Waals surface area contributed by atoms with Crippen molar-refractivity contribution in [2.45, 2.75) is 40.2 Å². The number of nitrogens with zero attached hydrogens (tertiary/aromatic N) is 2. The molecule has 0 spiro atoms. The second-order valence-electron chi connectivity index (χ2n) is 7.08. The van der Waals surface area contributed by atoms with Crippen LogP contribution < -0.4 is 16.4 Å². The monoisotopic (exact) mass is 371 g/mol. The van der Waals surface area contributed by atoms with Gasteiger partial charge in [-0.2, -0.15) is 0 Å². The van der Waals surface area contributed by atoms with E-state index in [1.807, 2.05) is 40.0 Å². The molecule has 0 atom stereocenters. The number of hydrogen-bond donors (Lipinski definition) is 3. The van der Waals surface area contributed by atoms with E-state index in [0.717, 1.165) is 16.8 Å². The third kappa shape index (κ3) is 5.32. The number of nitrogens with one attached hydrogen (secondary N) is 2. The molecule has 0 saturated heterocycles. The van der Waals surface area contributed by atoms with Crippen molar-refractivity contribution in [3.05, 3.63) is 40.6 Å². The lowest BCUT2D eigenvalue weighted by Crippen LogP contribution is -2.40. The van der Waals surface area contributed by atoms with Crippen molar-refractivity contribution in [2.75, 3.05) is 20.1 Å². The lowest BCUT2D eigenvalue weighted by Gasteiger charge is -2.29. The van der Waals surface area contributed by atoms with Crippen molar-refractivity contribution in [2.24, 2.45) is 10.7 Å². The van der Waals surface area contributed by atoms with Crippen LogP contribution in [-0.2, 0) is 4.79 Å². The van der Waals surface area contributed by atoms with Crippen molar-refractivity contribution in [3.63, 3.8) is 0 Å². The molecule has 0 saturated carbocycles. The summed E-state index contributed by atoms with van der Waals surface area (Å²) in [6.07, 6.45) is 0.706. The highest BCUT2D eigenvalue weighted by Gasteiger charge is 2.22. The second-order valence-corrected chi connectivity index (χ2v) is 7.08. The Morgan fingerprint density at radius 3 is 2.56 bits per heavy atom. The summed E-state index contributed by atoms with van der Waals surface area (Å²) in [5, 5.41) is 6.04. The predicted octanol–water partition coefficient (Wildman–Crippen LogP) is 1.85. The molecule has 1 aliphatic heterocycles. The number of benzene rings is 1. The van der Waals surface area contributed by atoms with Crippen LogP contribution in [0.2, 0.25) is 0 Å². The second kappa shape index (κ2) is 8.70. The topological polar surface area (TPSA) is 99.8 Å². The smallest absolute Gasteiger partial charge is 0.251 e. The highest BCUT2D eigenvalue weighted by molar-refractivity contribution is 6.01. The minimum absolute atomic E-state index is 0.0126. The first-order valence-electron chi connectivity index (χ1n) is 9.13. The summed E-state index contributed by atoms with van der Waals surface area (Å²) in [5.41, 5.74) is 10.2. The molecular weight excluding hydrogens is 342 g/mol. The average Bonchev–Trinajstić information content (AvgIpc) is 2.59. The molecule has 1 aliphatic rings. The summed E-state index contributed by atoms with van der Waals surface area (Å²) in [7, 11) is 1.84. The Balaban J connectivity index is 2.36. The molecule has 0 aromatic heterocycles. The van der Waals surface area contributed by atoms with Gasteiger partial charge < -0.3 is 21.3 Å². The van der Waals surface area contributed by atoms with E-state index in [1.165, 1.54) is 0 Å². The zero-order valence-corrected chi connectivity index (χ0v) is 16.7. The molecule has 1 aromatic carbocycles. The van der Waals surface area contributed by atoms with Gasteiger partial charge in [0.25, 0.3) is 5.91 Å². The van der Waals surface area contributed by atoms with Crippen LogP contribution in [0.1, 0.15) is 43.1 Å². The molecule has 0 unspecified atom stereocenters. The quantitative estimate of drug-likeness (QED) is 0.543. The SMILES string of the molecule is CNC1=C(C(N)=Nc2cc(C)cc(C(=O)NC(C)C)c2)CN(C(C)=O)CC1. The number of amidine groups is 1. The summed E-state index contributed by atoms with van der Waals surface area (Å²) in [6.45, 7) is 8.38. The minimum atomic E-state index is -0.140. The van der Waals surface area contributed by atoms with Gasteiger partial charge in [-0.3, -0.25) is 9.59 Å². The van der Waals surface area contributed by atoms with Crippen LogP contribution in [-0.4, -0.2) is 48.7 Å². The third-order valence-corrected chi connectivity index (χ3v) is 4.39. The summed E-state index contributed by atoms with van der Waals surface area (Å²) in [5.74, 6) is 0.226. The first kappa shape index (κ1) is 20.5. The van der Waals surface area contributed by atoms with Gasteiger partial charge in [-0.05, 0) is 44.5 Å². The van der Waals surface area contributed by atoms with E-state index >= 15 is 0 Å². The third-order valence-electron chi connectivity index (χ3n) is 4.39. The molecule has 2 amide bonds. The van der Waals surface area contributed by atoms with Crippen LogP contribution in [0.3, 0.4) is 0 Å². The van der Waals surface area contributed by atoms with Crippen molar-refractivity contribution in [1.29, 1.82) is 0 Å². The lowest BCUT2D eigenvalue weighted by atomic mass is 10.0. The van der Waals surface area contributed by atoms with E-state index in [9.17, 15) is 9.59 Å². The summed E-state index contributed by atoms with van der Waals surface area (Å²) < 4.78 is 0. The Bertz CT molecular complexity index is 796. The first-order valence-corrected chi connectivity index (χ1v) is 9.13. The number of nitrogens with two attached hydrogens (primary N) is 1. The molecule has 0 radical (unpaired) electrons. The molecule has 4 N–H and O–H groups in total.